The molecule has 6 aromatic rings. The number of hydrogen-bond acceptors (Lipinski definition) is 5. The number of ether oxygens (including phenoxy) is 3. The van der Waals surface area contributed by atoms with Gasteiger partial charge in [-0.3, -0.25) is 4.79 Å². The first-order valence-corrected chi connectivity index (χ1v) is 17.2. The predicted molar refractivity (Wildman–Crippen MR) is 196 cm³/mol. The fourth-order valence-corrected chi connectivity index (χ4v) is 8.94. The van der Waals surface area contributed by atoms with Crippen LogP contribution in [0.15, 0.2) is 152 Å². The van der Waals surface area contributed by atoms with Crippen LogP contribution < -0.4 is 14.2 Å². The van der Waals surface area contributed by atoms with Gasteiger partial charge in [-0.1, -0.05) is 110 Å². The quantitative estimate of drug-likeness (QED) is 0.0964. The van der Waals surface area contributed by atoms with E-state index in [9.17, 15) is 9.59 Å². The van der Waals surface area contributed by atoms with Gasteiger partial charge in [0, 0.05) is 17.9 Å². The molecule has 2 bridgehead atoms. The molecule has 5 heteroatoms. The Kier molecular flexibility index (Phi) is 7.25. The lowest BCUT2D eigenvalue weighted by atomic mass is 9.59. The molecule has 4 aliphatic rings. The molecule has 0 saturated heterocycles. The molecule has 3 unspecified atom stereocenters. The standard InChI is InChI=1S/C46H34O5/c1-3-43(47)50-30-20-16-28(17-21-30)46(41-14-8-6-11-34(41)35-12-7-9-15-42(35)46)29-18-22-31(23-19-29)51-45(48)40-27-39-33-10-4-5-13-36(33)44(40)37-25-24-32(49-2)26-38(37)39/h3-26,39-40,44H,1,27H2,2H3. The van der Waals surface area contributed by atoms with Crippen LogP contribution in [0.4, 0.5) is 0 Å². The van der Waals surface area contributed by atoms with Crippen molar-refractivity contribution >= 4 is 11.9 Å². The van der Waals surface area contributed by atoms with E-state index in [0.29, 0.717) is 17.9 Å². The number of methoxy groups -OCH3 is 1. The average Bonchev–Trinajstić information content (AvgIpc) is 3.49. The third-order valence-electron chi connectivity index (χ3n) is 11.0. The lowest BCUT2D eigenvalue weighted by Gasteiger charge is -2.44. The molecule has 4 aliphatic carbocycles. The summed E-state index contributed by atoms with van der Waals surface area (Å²) in [6.07, 6.45) is 1.84. The zero-order valence-electron chi connectivity index (χ0n) is 28.0. The maximum Gasteiger partial charge on any atom is 0.335 e. The van der Waals surface area contributed by atoms with Crippen LogP contribution in [0.1, 0.15) is 62.8 Å². The maximum absolute atomic E-state index is 14.1. The van der Waals surface area contributed by atoms with E-state index < -0.39 is 11.4 Å². The summed E-state index contributed by atoms with van der Waals surface area (Å²) >= 11 is 0. The van der Waals surface area contributed by atoms with Gasteiger partial charge in [0.15, 0.2) is 0 Å². The first kappa shape index (κ1) is 30.8. The van der Waals surface area contributed by atoms with Crippen LogP contribution in [0.25, 0.3) is 11.1 Å². The second-order valence-electron chi connectivity index (χ2n) is 13.4. The molecule has 0 radical (unpaired) electrons. The first-order valence-electron chi connectivity index (χ1n) is 17.2. The van der Waals surface area contributed by atoms with Gasteiger partial charge in [0.25, 0.3) is 0 Å². The Morgan fingerprint density at radius 1 is 0.627 bits per heavy atom. The number of carbonyl (C=O) groups excluding carboxylic acids is 2. The summed E-state index contributed by atoms with van der Waals surface area (Å²) in [5.41, 5.74) is 10.9. The van der Waals surface area contributed by atoms with E-state index in [1.165, 1.54) is 22.3 Å². The van der Waals surface area contributed by atoms with Crippen molar-refractivity contribution in [2.24, 2.45) is 5.92 Å². The number of esters is 2. The molecule has 248 valence electrons. The van der Waals surface area contributed by atoms with Gasteiger partial charge in [0.1, 0.15) is 17.2 Å². The third-order valence-corrected chi connectivity index (χ3v) is 11.0. The summed E-state index contributed by atoms with van der Waals surface area (Å²) in [7, 11) is 1.69. The van der Waals surface area contributed by atoms with E-state index in [4.69, 9.17) is 14.2 Å². The van der Waals surface area contributed by atoms with Gasteiger partial charge in [-0.15, -0.1) is 0 Å². The van der Waals surface area contributed by atoms with Gasteiger partial charge in [0.05, 0.1) is 18.4 Å². The molecule has 51 heavy (non-hydrogen) atoms. The highest BCUT2D eigenvalue weighted by molar-refractivity contribution is 5.87. The number of carbonyl (C=O) groups is 2. The molecule has 0 N–H and O–H groups in total. The van der Waals surface area contributed by atoms with Crippen molar-refractivity contribution in [3.8, 4) is 28.4 Å². The van der Waals surface area contributed by atoms with Gasteiger partial charge in [-0.25, -0.2) is 4.79 Å². The summed E-state index contributed by atoms with van der Waals surface area (Å²) in [5, 5.41) is 0. The molecular weight excluding hydrogens is 633 g/mol. The molecule has 0 aromatic heterocycles. The van der Waals surface area contributed by atoms with Crippen LogP contribution in [-0.2, 0) is 15.0 Å². The Labute approximate surface area is 296 Å². The first-order chi connectivity index (χ1) is 25.0. The molecular formula is C46H34O5. The number of fused-ring (bicyclic) bond motifs is 4. The minimum atomic E-state index is -0.659. The van der Waals surface area contributed by atoms with E-state index in [-0.39, 0.29) is 23.7 Å². The Balaban J connectivity index is 1.08. The van der Waals surface area contributed by atoms with Crippen LogP contribution in [0.2, 0.25) is 0 Å². The van der Waals surface area contributed by atoms with Crippen LogP contribution in [0, 0.1) is 5.92 Å². The Hall–Kier alpha value is -6.20. The molecule has 5 nitrogen and oxygen atoms in total. The highest BCUT2D eigenvalue weighted by Crippen LogP contribution is 2.58. The van der Waals surface area contributed by atoms with Crippen LogP contribution >= 0.6 is 0 Å². The minimum absolute atomic E-state index is 0.0811. The summed E-state index contributed by atoms with van der Waals surface area (Å²) in [6.45, 7) is 3.51. The normalized spacial score (nSPS) is 18.4. The van der Waals surface area contributed by atoms with E-state index in [0.717, 1.165) is 45.2 Å². The maximum atomic E-state index is 14.1. The monoisotopic (exact) mass is 666 g/mol. The summed E-state index contributed by atoms with van der Waals surface area (Å²) in [4.78, 5) is 26.0. The van der Waals surface area contributed by atoms with Gasteiger partial charge < -0.3 is 14.2 Å². The molecule has 0 saturated carbocycles. The molecule has 0 fully saturated rings. The smallest absolute Gasteiger partial charge is 0.335 e. The molecule has 10 rings (SSSR count). The Morgan fingerprint density at radius 3 is 1.76 bits per heavy atom. The Morgan fingerprint density at radius 2 is 1.16 bits per heavy atom. The van der Waals surface area contributed by atoms with Crippen molar-refractivity contribution in [2.75, 3.05) is 7.11 Å². The highest BCUT2D eigenvalue weighted by atomic mass is 16.5. The van der Waals surface area contributed by atoms with Crippen LogP contribution in [-0.4, -0.2) is 19.0 Å². The molecule has 0 aliphatic heterocycles. The zero-order valence-corrected chi connectivity index (χ0v) is 28.0. The SMILES string of the molecule is C=CC(=O)Oc1ccc(C2(c3ccc(OC(=O)C4CC5c6ccccc6C4c4ccc(OC)cc45)cc3)c3ccccc3-c3ccccc32)cc1. The van der Waals surface area contributed by atoms with Gasteiger partial charge >= 0.3 is 11.9 Å². The molecule has 0 spiro atoms. The second-order valence-corrected chi connectivity index (χ2v) is 13.4. The van der Waals surface area contributed by atoms with Crippen molar-refractivity contribution in [2.45, 2.75) is 23.7 Å². The average molecular weight is 667 g/mol. The molecule has 6 aromatic carbocycles. The molecule has 0 amide bonds. The van der Waals surface area contributed by atoms with E-state index >= 15 is 0 Å². The number of benzene rings is 6. The van der Waals surface area contributed by atoms with Crippen LogP contribution in [0.5, 0.6) is 17.2 Å². The molecule has 3 atom stereocenters. The number of hydrogen-bond donors (Lipinski definition) is 0. The number of rotatable bonds is 7. The van der Waals surface area contributed by atoms with Crippen molar-refractivity contribution in [3.63, 3.8) is 0 Å². The lowest BCUT2D eigenvalue weighted by Crippen LogP contribution is -2.38. The fraction of sp³-hybridized carbons (Fsp3) is 0.130. The minimum Gasteiger partial charge on any atom is -0.497 e. The lowest BCUT2D eigenvalue weighted by molar-refractivity contribution is -0.140. The van der Waals surface area contributed by atoms with Crippen molar-refractivity contribution in [3.05, 3.63) is 197 Å². The third kappa shape index (κ3) is 4.69. The largest absolute Gasteiger partial charge is 0.497 e. The topological polar surface area (TPSA) is 61.8 Å². The summed E-state index contributed by atoms with van der Waals surface area (Å²) in [6, 6.07) is 47.3. The summed E-state index contributed by atoms with van der Waals surface area (Å²) < 4.78 is 17.2. The zero-order chi connectivity index (χ0) is 34.7. The van der Waals surface area contributed by atoms with E-state index in [2.05, 4.69) is 104 Å². The second kappa shape index (κ2) is 12.0. The van der Waals surface area contributed by atoms with E-state index in [1.54, 1.807) is 7.11 Å². The van der Waals surface area contributed by atoms with Crippen molar-refractivity contribution < 1.29 is 23.8 Å². The van der Waals surface area contributed by atoms with Gasteiger partial charge in [0.2, 0.25) is 0 Å². The van der Waals surface area contributed by atoms with Gasteiger partial charge in [-0.2, -0.15) is 0 Å². The Bertz CT molecular complexity index is 2310. The van der Waals surface area contributed by atoms with Crippen molar-refractivity contribution in [1.29, 1.82) is 0 Å². The summed E-state index contributed by atoms with van der Waals surface area (Å²) in [5.74, 6) is 0.775. The van der Waals surface area contributed by atoms with Crippen molar-refractivity contribution in [1.82, 2.24) is 0 Å². The van der Waals surface area contributed by atoms with Crippen LogP contribution in [0.3, 0.4) is 0 Å². The van der Waals surface area contributed by atoms with E-state index in [1.807, 2.05) is 42.5 Å². The predicted octanol–water partition coefficient (Wildman–Crippen LogP) is 9.35. The fourth-order valence-electron chi connectivity index (χ4n) is 8.94. The highest BCUT2D eigenvalue weighted by Gasteiger charge is 2.48. The molecule has 0 heterocycles. The van der Waals surface area contributed by atoms with Gasteiger partial charge in [-0.05, 0) is 98.5 Å².